The number of alkyl halides is 3. The molecule has 4 N–H and O–H groups in total. The van der Waals surface area contributed by atoms with Gasteiger partial charge in [-0.05, 0) is 36.8 Å². The minimum Gasteiger partial charge on any atom is -0.507 e. The zero-order valence-electron chi connectivity index (χ0n) is 15.0. The van der Waals surface area contributed by atoms with Crippen LogP contribution in [0.5, 0.6) is 11.5 Å². The summed E-state index contributed by atoms with van der Waals surface area (Å²) in [6, 6.07) is 10.3. The number of fused-ring (bicyclic) bond motifs is 1. The monoisotopic (exact) mass is 392 g/mol. The lowest BCUT2D eigenvalue weighted by atomic mass is 10.1. The SMILES string of the molecule is CCC(N)CNc1nc(-c2cc(OC(F)(F)F)ccc2O)nc2ccccc12. The van der Waals surface area contributed by atoms with Crippen LogP contribution < -0.4 is 15.8 Å². The van der Waals surface area contributed by atoms with Crippen molar-refractivity contribution in [2.75, 3.05) is 11.9 Å². The molecule has 2 aromatic carbocycles. The van der Waals surface area contributed by atoms with Crippen molar-refractivity contribution in [2.24, 2.45) is 5.73 Å². The number of halogens is 3. The van der Waals surface area contributed by atoms with Gasteiger partial charge in [0.15, 0.2) is 5.82 Å². The van der Waals surface area contributed by atoms with E-state index in [1.807, 2.05) is 19.1 Å². The van der Waals surface area contributed by atoms with E-state index >= 15 is 0 Å². The van der Waals surface area contributed by atoms with Crippen LogP contribution in [-0.4, -0.2) is 34.0 Å². The molecular weight excluding hydrogens is 373 g/mol. The molecule has 28 heavy (non-hydrogen) atoms. The lowest BCUT2D eigenvalue weighted by Crippen LogP contribution is -2.28. The Balaban J connectivity index is 2.07. The topological polar surface area (TPSA) is 93.3 Å². The molecular formula is C19H19F3N4O2. The van der Waals surface area contributed by atoms with E-state index in [1.54, 1.807) is 12.1 Å². The van der Waals surface area contributed by atoms with Crippen LogP contribution in [-0.2, 0) is 0 Å². The number of phenolic OH excluding ortho intramolecular Hbond substituents is 1. The van der Waals surface area contributed by atoms with Crippen molar-refractivity contribution >= 4 is 16.7 Å². The molecule has 148 valence electrons. The summed E-state index contributed by atoms with van der Waals surface area (Å²) in [4.78, 5) is 8.77. The average Bonchev–Trinajstić information content (AvgIpc) is 2.66. The number of nitrogens with zero attached hydrogens (tertiary/aromatic N) is 2. The van der Waals surface area contributed by atoms with Crippen molar-refractivity contribution in [2.45, 2.75) is 25.7 Å². The van der Waals surface area contributed by atoms with Gasteiger partial charge in [-0.25, -0.2) is 9.97 Å². The van der Waals surface area contributed by atoms with Crippen LogP contribution in [0.1, 0.15) is 13.3 Å². The number of para-hydroxylation sites is 1. The van der Waals surface area contributed by atoms with E-state index in [0.29, 0.717) is 17.9 Å². The number of rotatable bonds is 6. The Kier molecular flexibility index (Phi) is 5.55. The molecule has 9 heteroatoms. The van der Waals surface area contributed by atoms with Gasteiger partial charge in [0.05, 0.1) is 11.1 Å². The third-order valence-corrected chi connectivity index (χ3v) is 4.10. The number of benzene rings is 2. The first-order valence-corrected chi connectivity index (χ1v) is 8.62. The standard InChI is InChI=1S/C19H19F3N4O2/c1-2-11(23)10-24-17-13-5-3-4-6-15(13)25-18(26-17)14-9-12(7-8-16(14)27)28-19(20,21)22/h3-9,11,27H,2,10,23H2,1H3,(H,24,25,26). The number of nitrogens with one attached hydrogen (secondary N) is 1. The van der Waals surface area contributed by atoms with Crippen LogP contribution in [0, 0.1) is 0 Å². The Morgan fingerprint density at radius 3 is 2.64 bits per heavy atom. The Morgan fingerprint density at radius 2 is 1.93 bits per heavy atom. The highest BCUT2D eigenvalue weighted by molar-refractivity contribution is 5.91. The van der Waals surface area contributed by atoms with Crippen molar-refractivity contribution in [3.8, 4) is 22.9 Å². The summed E-state index contributed by atoms with van der Waals surface area (Å²) < 4.78 is 41.5. The number of anilines is 1. The molecule has 0 aliphatic carbocycles. The highest BCUT2D eigenvalue weighted by atomic mass is 19.4. The maximum atomic E-state index is 12.5. The number of hydrogen-bond acceptors (Lipinski definition) is 6. The smallest absolute Gasteiger partial charge is 0.507 e. The van der Waals surface area contributed by atoms with E-state index in [1.165, 1.54) is 0 Å². The molecule has 0 amide bonds. The van der Waals surface area contributed by atoms with Gasteiger partial charge in [-0.2, -0.15) is 0 Å². The normalized spacial score (nSPS) is 12.8. The zero-order valence-corrected chi connectivity index (χ0v) is 15.0. The van der Waals surface area contributed by atoms with E-state index in [2.05, 4.69) is 20.0 Å². The summed E-state index contributed by atoms with van der Waals surface area (Å²) in [6.45, 7) is 2.42. The van der Waals surface area contributed by atoms with Crippen LogP contribution in [0.15, 0.2) is 42.5 Å². The number of nitrogens with two attached hydrogens (primary N) is 1. The molecule has 0 aliphatic heterocycles. The second kappa shape index (κ2) is 7.89. The van der Waals surface area contributed by atoms with Gasteiger partial charge in [0.25, 0.3) is 0 Å². The van der Waals surface area contributed by atoms with Crippen molar-refractivity contribution in [3.63, 3.8) is 0 Å². The van der Waals surface area contributed by atoms with E-state index in [9.17, 15) is 18.3 Å². The first-order chi connectivity index (χ1) is 13.3. The third kappa shape index (κ3) is 4.61. The van der Waals surface area contributed by atoms with Gasteiger partial charge in [0.1, 0.15) is 17.3 Å². The van der Waals surface area contributed by atoms with Crippen molar-refractivity contribution in [1.29, 1.82) is 0 Å². The van der Waals surface area contributed by atoms with Crippen molar-refractivity contribution < 1.29 is 23.0 Å². The first kappa shape index (κ1) is 19.7. The zero-order chi connectivity index (χ0) is 20.3. The number of ether oxygens (including phenoxy) is 1. The summed E-state index contributed by atoms with van der Waals surface area (Å²) in [7, 11) is 0. The van der Waals surface area contributed by atoms with Gasteiger partial charge in [-0.15, -0.1) is 13.2 Å². The molecule has 6 nitrogen and oxygen atoms in total. The third-order valence-electron chi connectivity index (χ3n) is 4.10. The Hall–Kier alpha value is -3.07. The molecule has 1 atom stereocenters. The summed E-state index contributed by atoms with van der Waals surface area (Å²) in [6.07, 6.45) is -4.08. The average molecular weight is 392 g/mol. The van der Waals surface area contributed by atoms with Gasteiger partial charge in [0.2, 0.25) is 0 Å². The summed E-state index contributed by atoms with van der Waals surface area (Å²) >= 11 is 0. The highest BCUT2D eigenvalue weighted by Crippen LogP contribution is 2.34. The Bertz CT molecular complexity index is 979. The molecule has 1 heterocycles. The van der Waals surface area contributed by atoms with E-state index in [0.717, 1.165) is 30.0 Å². The number of aromatic hydroxyl groups is 1. The van der Waals surface area contributed by atoms with Crippen LogP contribution in [0.25, 0.3) is 22.3 Å². The van der Waals surface area contributed by atoms with Gasteiger partial charge in [0, 0.05) is 18.0 Å². The Morgan fingerprint density at radius 1 is 1.18 bits per heavy atom. The fourth-order valence-electron chi connectivity index (χ4n) is 2.60. The van der Waals surface area contributed by atoms with Gasteiger partial charge >= 0.3 is 6.36 Å². The van der Waals surface area contributed by atoms with Crippen LogP contribution in [0.2, 0.25) is 0 Å². The molecule has 1 aromatic heterocycles. The minimum atomic E-state index is -4.85. The molecule has 0 aliphatic rings. The summed E-state index contributed by atoms with van der Waals surface area (Å²) in [5.41, 5.74) is 6.54. The van der Waals surface area contributed by atoms with E-state index < -0.39 is 12.1 Å². The van der Waals surface area contributed by atoms with Crippen LogP contribution in [0.3, 0.4) is 0 Å². The lowest BCUT2D eigenvalue weighted by Gasteiger charge is -2.15. The van der Waals surface area contributed by atoms with Gasteiger partial charge in [-0.1, -0.05) is 19.1 Å². The fraction of sp³-hybridized carbons (Fsp3) is 0.263. The molecule has 0 radical (unpaired) electrons. The lowest BCUT2D eigenvalue weighted by molar-refractivity contribution is -0.274. The summed E-state index contributed by atoms with van der Waals surface area (Å²) in [5.74, 6) is -0.192. The number of phenols is 1. The predicted molar refractivity (Wildman–Crippen MR) is 100 cm³/mol. The Labute approximate surface area is 159 Å². The van der Waals surface area contributed by atoms with E-state index in [-0.39, 0.29) is 23.2 Å². The fourth-order valence-corrected chi connectivity index (χ4v) is 2.60. The molecule has 0 saturated heterocycles. The summed E-state index contributed by atoms with van der Waals surface area (Å²) in [5, 5.41) is 14.0. The van der Waals surface area contributed by atoms with Crippen molar-refractivity contribution in [1.82, 2.24) is 9.97 Å². The van der Waals surface area contributed by atoms with Crippen LogP contribution >= 0.6 is 0 Å². The molecule has 3 rings (SSSR count). The predicted octanol–water partition coefficient (Wildman–Crippen LogP) is 4.05. The largest absolute Gasteiger partial charge is 0.573 e. The molecule has 0 saturated carbocycles. The second-order valence-corrected chi connectivity index (χ2v) is 6.19. The molecule has 0 fully saturated rings. The number of hydrogen-bond donors (Lipinski definition) is 3. The number of aromatic nitrogens is 2. The quantitative estimate of drug-likeness (QED) is 0.586. The molecule has 0 bridgehead atoms. The maximum Gasteiger partial charge on any atom is 0.573 e. The highest BCUT2D eigenvalue weighted by Gasteiger charge is 2.31. The minimum absolute atomic E-state index is 0.0235. The van der Waals surface area contributed by atoms with Gasteiger partial charge in [-0.3, -0.25) is 0 Å². The maximum absolute atomic E-state index is 12.5. The second-order valence-electron chi connectivity index (χ2n) is 6.19. The van der Waals surface area contributed by atoms with Crippen molar-refractivity contribution in [3.05, 3.63) is 42.5 Å². The molecule has 0 spiro atoms. The molecule has 3 aromatic rings. The molecule has 1 unspecified atom stereocenters. The van der Waals surface area contributed by atoms with Crippen LogP contribution in [0.4, 0.5) is 19.0 Å². The first-order valence-electron chi connectivity index (χ1n) is 8.62. The van der Waals surface area contributed by atoms with Gasteiger partial charge < -0.3 is 20.9 Å². The van der Waals surface area contributed by atoms with E-state index in [4.69, 9.17) is 5.73 Å².